The zero-order valence-corrected chi connectivity index (χ0v) is 15.1. The second-order valence-electron chi connectivity index (χ2n) is 6.05. The number of aromatic nitrogens is 1. The lowest BCUT2D eigenvalue weighted by Gasteiger charge is -2.06. The fourth-order valence-corrected chi connectivity index (χ4v) is 3.44. The number of aromatic amines is 1. The Kier molecular flexibility index (Phi) is 4.95. The van der Waals surface area contributed by atoms with Crippen molar-refractivity contribution in [2.75, 3.05) is 12.3 Å². The SMILES string of the molecule is Cc1ccc(SCCNC(=O)c2ccc3[nH]c(C)c(C)c3c2)cc1. The fraction of sp³-hybridized carbons (Fsp3) is 0.250. The lowest BCUT2D eigenvalue weighted by Crippen LogP contribution is -2.25. The van der Waals surface area contributed by atoms with Crippen molar-refractivity contribution in [3.8, 4) is 0 Å². The average molecular weight is 338 g/mol. The molecule has 0 radical (unpaired) electrons. The monoisotopic (exact) mass is 338 g/mol. The van der Waals surface area contributed by atoms with Gasteiger partial charge in [-0.15, -0.1) is 11.8 Å². The molecule has 0 saturated heterocycles. The number of hydrogen-bond acceptors (Lipinski definition) is 2. The van der Waals surface area contributed by atoms with E-state index in [4.69, 9.17) is 0 Å². The summed E-state index contributed by atoms with van der Waals surface area (Å²) in [4.78, 5) is 16.9. The smallest absolute Gasteiger partial charge is 0.251 e. The van der Waals surface area contributed by atoms with Crippen molar-refractivity contribution < 1.29 is 4.79 Å². The molecule has 0 aliphatic carbocycles. The normalized spacial score (nSPS) is 11.0. The molecule has 1 aromatic heterocycles. The van der Waals surface area contributed by atoms with Gasteiger partial charge < -0.3 is 10.3 Å². The highest BCUT2D eigenvalue weighted by Gasteiger charge is 2.09. The molecule has 0 atom stereocenters. The molecule has 2 N–H and O–H groups in total. The van der Waals surface area contributed by atoms with Gasteiger partial charge in [0.05, 0.1) is 0 Å². The summed E-state index contributed by atoms with van der Waals surface area (Å²) in [6, 6.07) is 14.3. The highest BCUT2D eigenvalue weighted by atomic mass is 32.2. The maximum absolute atomic E-state index is 12.3. The number of carbonyl (C=O) groups is 1. The number of carbonyl (C=O) groups excluding carboxylic acids is 1. The average Bonchev–Trinajstić information content (AvgIpc) is 2.87. The van der Waals surface area contributed by atoms with Crippen LogP contribution < -0.4 is 5.32 Å². The third kappa shape index (κ3) is 3.65. The molecule has 4 heteroatoms. The molecule has 1 heterocycles. The number of H-pyrrole nitrogens is 1. The molecule has 0 unspecified atom stereocenters. The summed E-state index contributed by atoms with van der Waals surface area (Å²) in [7, 11) is 0. The number of fused-ring (bicyclic) bond motifs is 1. The predicted octanol–water partition coefficient (Wildman–Crippen LogP) is 4.62. The highest BCUT2D eigenvalue weighted by molar-refractivity contribution is 7.99. The molecule has 0 saturated carbocycles. The second-order valence-corrected chi connectivity index (χ2v) is 7.22. The van der Waals surface area contributed by atoms with E-state index < -0.39 is 0 Å². The van der Waals surface area contributed by atoms with Crippen LogP contribution in [-0.2, 0) is 0 Å². The Morgan fingerprint density at radius 3 is 2.58 bits per heavy atom. The summed E-state index contributed by atoms with van der Waals surface area (Å²) in [6.45, 7) is 6.87. The van der Waals surface area contributed by atoms with Crippen LogP contribution in [-0.4, -0.2) is 23.2 Å². The predicted molar refractivity (Wildman–Crippen MR) is 102 cm³/mol. The maximum atomic E-state index is 12.3. The van der Waals surface area contributed by atoms with Gasteiger partial charge in [-0.25, -0.2) is 0 Å². The molecular formula is C20H22N2OS. The Morgan fingerprint density at radius 2 is 1.83 bits per heavy atom. The summed E-state index contributed by atoms with van der Waals surface area (Å²) in [5.41, 5.74) is 5.41. The van der Waals surface area contributed by atoms with Crippen LogP contribution in [0.3, 0.4) is 0 Å². The summed E-state index contributed by atoms with van der Waals surface area (Å²) >= 11 is 1.75. The molecule has 0 spiro atoms. The Hall–Kier alpha value is -2.20. The van der Waals surface area contributed by atoms with Crippen LogP contribution in [0.25, 0.3) is 10.9 Å². The van der Waals surface area contributed by atoms with E-state index in [1.807, 2.05) is 18.2 Å². The van der Waals surface area contributed by atoms with Gasteiger partial charge in [0.15, 0.2) is 0 Å². The highest BCUT2D eigenvalue weighted by Crippen LogP contribution is 2.22. The molecule has 0 bridgehead atoms. The van der Waals surface area contributed by atoms with E-state index in [0.717, 1.165) is 22.3 Å². The van der Waals surface area contributed by atoms with E-state index in [-0.39, 0.29) is 5.91 Å². The van der Waals surface area contributed by atoms with Gasteiger partial charge in [-0.05, 0) is 56.7 Å². The molecule has 3 rings (SSSR count). The number of benzene rings is 2. The van der Waals surface area contributed by atoms with Gasteiger partial charge in [-0.1, -0.05) is 17.7 Å². The van der Waals surface area contributed by atoms with Crippen LogP contribution in [0.4, 0.5) is 0 Å². The van der Waals surface area contributed by atoms with Gasteiger partial charge in [0.25, 0.3) is 5.91 Å². The van der Waals surface area contributed by atoms with E-state index in [2.05, 4.69) is 55.3 Å². The third-order valence-electron chi connectivity index (χ3n) is 4.25. The number of hydrogen-bond donors (Lipinski definition) is 2. The fourth-order valence-electron chi connectivity index (χ4n) is 2.67. The molecule has 0 aliphatic heterocycles. The zero-order chi connectivity index (χ0) is 17.1. The number of rotatable bonds is 5. The number of aryl methyl sites for hydroxylation is 3. The molecule has 0 fully saturated rings. The van der Waals surface area contributed by atoms with Crippen molar-refractivity contribution in [2.45, 2.75) is 25.7 Å². The summed E-state index contributed by atoms with van der Waals surface area (Å²) < 4.78 is 0. The lowest BCUT2D eigenvalue weighted by molar-refractivity contribution is 0.0956. The Bertz CT molecular complexity index is 865. The summed E-state index contributed by atoms with van der Waals surface area (Å²) in [6.07, 6.45) is 0. The third-order valence-corrected chi connectivity index (χ3v) is 5.26. The second kappa shape index (κ2) is 7.14. The molecular weight excluding hydrogens is 316 g/mol. The van der Waals surface area contributed by atoms with Crippen LogP contribution in [0, 0.1) is 20.8 Å². The summed E-state index contributed by atoms with van der Waals surface area (Å²) in [5.74, 6) is 0.846. The van der Waals surface area contributed by atoms with Crippen LogP contribution in [0.2, 0.25) is 0 Å². The largest absolute Gasteiger partial charge is 0.358 e. The molecule has 24 heavy (non-hydrogen) atoms. The molecule has 3 nitrogen and oxygen atoms in total. The molecule has 0 aliphatic rings. The minimum absolute atomic E-state index is 0.0142. The van der Waals surface area contributed by atoms with Crippen molar-refractivity contribution in [3.05, 3.63) is 64.8 Å². The van der Waals surface area contributed by atoms with Gasteiger partial charge >= 0.3 is 0 Å². The van der Waals surface area contributed by atoms with Crippen molar-refractivity contribution in [1.29, 1.82) is 0 Å². The number of amides is 1. The van der Waals surface area contributed by atoms with E-state index in [9.17, 15) is 4.79 Å². The van der Waals surface area contributed by atoms with Crippen molar-refractivity contribution in [2.24, 2.45) is 0 Å². The quantitative estimate of drug-likeness (QED) is 0.527. The standard InChI is InChI=1S/C20H22N2OS/c1-13-4-7-17(8-5-13)24-11-10-21-20(23)16-6-9-19-18(12-16)14(2)15(3)22-19/h4-9,12,22H,10-11H2,1-3H3,(H,21,23). The summed E-state index contributed by atoms with van der Waals surface area (Å²) in [5, 5.41) is 4.12. The Labute approximate surface area is 146 Å². The van der Waals surface area contributed by atoms with E-state index in [1.54, 1.807) is 11.8 Å². The Morgan fingerprint density at radius 1 is 1.08 bits per heavy atom. The topological polar surface area (TPSA) is 44.9 Å². The molecule has 124 valence electrons. The lowest BCUT2D eigenvalue weighted by atomic mass is 10.1. The minimum Gasteiger partial charge on any atom is -0.358 e. The van der Waals surface area contributed by atoms with Gasteiger partial charge in [-0.3, -0.25) is 4.79 Å². The van der Waals surface area contributed by atoms with Crippen LogP contribution >= 0.6 is 11.8 Å². The zero-order valence-electron chi connectivity index (χ0n) is 14.3. The van der Waals surface area contributed by atoms with E-state index in [0.29, 0.717) is 12.1 Å². The van der Waals surface area contributed by atoms with Crippen LogP contribution in [0.5, 0.6) is 0 Å². The molecule has 2 aromatic carbocycles. The number of nitrogens with one attached hydrogen (secondary N) is 2. The molecule has 3 aromatic rings. The number of thioether (sulfide) groups is 1. The first-order chi connectivity index (χ1) is 11.5. The van der Waals surface area contributed by atoms with Crippen LogP contribution in [0.1, 0.15) is 27.2 Å². The van der Waals surface area contributed by atoms with Crippen LogP contribution in [0.15, 0.2) is 47.4 Å². The van der Waals surface area contributed by atoms with Gasteiger partial charge in [0.2, 0.25) is 0 Å². The first-order valence-electron chi connectivity index (χ1n) is 8.11. The van der Waals surface area contributed by atoms with Crippen molar-refractivity contribution in [1.82, 2.24) is 10.3 Å². The van der Waals surface area contributed by atoms with Crippen molar-refractivity contribution >= 4 is 28.6 Å². The minimum atomic E-state index is -0.0142. The first kappa shape index (κ1) is 16.7. The van der Waals surface area contributed by atoms with E-state index in [1.165, 1.54) is 16.0 Å². The Balaban J connectivity index is 1.57. The van der Waals surface area contributed by atoms with Gasteiger partial charge in [0.1, 0.15) is 0 Å². The van der Waals surface area contributed by atoms with Crippen molar-refractivity contribution in [3.63, 3.8) is 0 Å². The van der Waals surface area contributed by atoms with E-state index >= 15 is 0 Å². The van der Waals surface area contributed by atoms with Gasteiger partial charge in [-0.2, -0.15) is 0 Å². The maximum Gasteiger partial charge on any atom is 0.251 e. The molecule has 1 amide bonds. The first-order valence-corrected chi connectivity index (χ1v) is 9.10. The van der Waals surface area contributed by atoms with Gasteiger partial charge in [0, 0.05) is 39.4 Å².